The normalized spacial score (nSPS) is 12.3. The standard InChI is InChI=1S/C20H22ClN9O3/c1-11(2)32-9-15(18(31)27-20-26-12(3)29(4)28-20)33-19-13-8-25-30(16(13)23-10-24-19)17-14(21)6-5-7-22-17/h5-8,10-11,15H,9H2,1-4H3,(H,27,28,31)/t15-/m0/s1. The van der Waals surface area contributed by atoms with E-state index in [0.717, 1.165) is 0 Å². The van der Waals surface area contributed by atoms with Gasteiger partial charge in [0.1, 0.15) is 17.5 Å². The number of carbonyl (C=O) groups is 1. The van der Waals surface area contributed by atoms with Crippen LogP contribution in [0.15, 0.2) is 30.9 Å². The zero-order valence-corrected chi connectivity index (χ0v) is 19.2. The number of nitrogens with zero attached hydrogens (tertiary/aromatic N) is 8. The predicted molar refractivity (Wildman–Crippen MR) is 119 cm³/mol. The van der Waals surface area contributed by atoms with Crippen molar-refractivity contribution >= 4 is 34.5 Å². The maximum atomic E-state index is 13.0. The summed E-state index contributed by atoms with van der Waals surface area (Å²) in [5.74, 6) is 0.917. The van der Waals surface area contributed by atoms with Crippen molar-refractivity contribution in [3.63, 3.8) is 0 Å². The van der Waals surface area contributed by atoms with Gasteiger partial charge in [-0.15, -0.1) is 5.10 Å². The summed E-state index contributed by atoms with van der Waals surface area (Å²) in [6, 6.07) is 3.42. The van der Waals surface area contributed by atoms with Crippen LogP contribution in [0.4, 0.5) is 5.95 Å². The summed E-state index contributed by atoms with van der Waals surface area (Å²) in [6.07, 6.45) is 3.30. The lowest BCUT2D eigenvalue weighted by molar-refractivity contribution is -0.126. The molecule has 1 N–H and O–H groups in total. The first kappa shape index (κ1) is 22.6. The fraction of sp³-hybridized carbons (Fsp3) is 0.350. The molecule has 4 heterocycles. The number of fused-ring (bicyclic) bond motifs is 1. The zero-order chi connectivity index (χ0) is 23.5. The van der Waals surface area contributed by atoms with Gasteiger partial charge in [-0.05, 0) is 32.9 Å². The average molecular weight is 472 g/mol. The molecule has 33 heavy (non-hydrogen) atoms. The van der Waals surface area contributed by atoms with Gasteiger partial charge in [-0.2, -0.15) is 14.8 Å². The van der Waals surface area contributed by atoms with Crippen LogP contribution in [0, 0.1) is 6.92 Å². The van der Waals surface area contributed by atoms with Gasteiger partial charge in [0.25, 0.3) is 5.91 Å². The number of carbonyl (C=O) groups excluding carboxylic acids is 1. The highest BCUT2D eigenvalue weighted by Gasteiger charge is 2.26. The van der Waals surface area contributed by atoms with E-state index in [2.05, 4.69) is 35.5 Å². The smallest absolute Gasteiger partial charge is 0.270 e. The van der Waals surface area contributed by atoms with E-state index in [1.807, 2.05) is 13.8 Å². The molecular weight excluding hydrogens is 450 g/mol. The number of ether oxygens (including phenoxy) is 2. The third kappa shape index (κ3) is 4.91. The van der Waals surface area contributed by atoms with E-state index in [4.69, 9.17) is 21.1 Å². The Balaban J connectivity index is 1.63. The van der Waals surface area contributed by atoms with Crippen molar-refractivity contribution in [2.75, 3.05) is 11.9 Å². The van der Waals surface area contributed by atoms with Crippen molar-refractivity contribution in [3.8, 4) is 11.7 Å². The van der Waals surface area contributed by atoms with Gasteiger partial charge < -0.3 is 9.47 Å². The van der Waals surface area contributed by atoms with Crippen molar-refractivity contribution in [2.45, 2.75) is 33.0 Å². The van der Waals surface area contributed by atoms with Crippen molar-refractivity contribution < 1.29 is 14.3 Å². The molecule has 1 amide bonds. The van der Waals surface area contributed by atoms with Gasteiger partial charge in [-0.3, -0.25) is 14.8 Å². The molecule has 0 aliphatic carbocycles. The number of amides is 1. The van der Waals surface area contributed by atoms with Crippen LogP contribution in [-0.4, -0.2) is 64.2 Å². The van der Waals surface area contributed by atoms with Crippen molar-refractivity contribution in [1.29, 1.82) is 0 Å². The quantitative estimate of drug-likeness (QED) is 0.409. The molecule has 0 aliphatic rings. The summed E-state index contributed by atoms with van der Waals surface area (Å²) < 4.78 is 14.6. The Labute approximate surface area is 193 Å². The number of anilines is 1. The van der Waals surface area contributed by atoms with Crippen LogP contribution in [0.25, 0.3) is 16.9 Å². The van der Waals surface area contributed by atoms with E-state index in [1.54, 1.807) is 37.0 Å². The highest BCUT2D eigenvalue weighted by Crippen LogP contribution is 2.26. The van der Waals surface area contributed by atoms with Gasteiger partial charge in [-0.25, -0.2) is 15.0 Å². The molecule has 0 saturated carbocycles. The molecular formula is C20H22ClN9O3. The molecule has 0 aromatic carbocycles. The number of rotatable bonds is 8. The Morgan fingerprint density at radius 3 is 2.79 bits per heavy atom. The molecule has 0 spiro atoms. The summed E-state index contributed by atoms with van der Waals surface area (Å²) in [5, 5.41) is 12.0. The number of aryl methyl sites for hydroxylation is 2. The Kier molecular flexibility index (Phi) is 6.47. The Bertz CT molecular complexity index is 1270. The van der Waals surface area contributed by atoms with E-state index in [9.17, 15) is 4.79 Å². The largest absolute Gasteiger partial charge is 0.461 e. The van der Waals surface area contributed by atoms with Gasteiger partial charge in [-0.1, -0.05) is 11.6 Å². The van der Waals surface area contributed by atoms with Gasteiger partial charge in [0.05, 0.1) is 23.9 Å². The third-order valence-electron chi connectivity index (χ3n) is 4.61. The predicted octanol–water partition coefficient (Wildman–Crippen LogP) is 2.11. The third-order valence-corrected chi connectivity index (χ3v) is 4.91. The van der Waals surface area contributed by atoms with Gasteiger partial charge in [0.15, 0.2) is 11.5 Å². The second-order valence-corrected chi connectivity index (χ2v) is 7.77. The zero-order valence-electron chi connectivity index (χ0n) is 18.4. The second-order valence-electron chi connectivity index (χ2n) is 7.37. The molecule has 4 rings (SSSR count). The Morgan fingerprint density at radius 1 is 1.27 bits per heavy atom. The maximum Gasteiger partial charge on any atom is 0.270 e. The molecule has 172 valence electrons. The lowest BCUT2D eigenvalue weighted by Gasteiger charge is -2.19. The molecule has 0 saturated heterocycles. The van der Waals surface area contributed by atoms with E-state index < -0.39 is 12.0 Å². The fourth-order valence-electron chi connectivity index (χ4n) is 2.89. The molecule has 0 aliphatic heterocycles. The molecule has 1 atom stereocenters. The lowest BCUT2D eigenvalue weighted by atomic mass is 10.3. The van der Waals surface area contributed by atoms with Crippen molar-refractivity contribution in [1.82, 2.24) is 39.5 Å². The molecule has 0 bridgehead atoms. The first-order chi connectivity index (χ1) is 15.8. The SMILES string of the molecule is Cc1nc(NC(=O)[C@H](COC(C)C)Oc2ncnc3c2cnn3-c2ncccc2Cl)nn1C. The second kappa shape index (κ2) is 9.46. The summed E-state index contributed by atoms with van der Waals surface area (Å²) in [4.78, 5) is 29.9. The van der Waals surface area contributed by atoms with Crippen LogP contribution in [0.3, 0.4) is 0 Å². The number of pyridine rings is 1. The van der Waals surface area contributed by atoms with Gasteiger partial charge in [0.2, 0.25) is 17.9 Å². The van der Waals surface area contributed by atoms with Crippen LogP contribution in [0.2, 0.25) is 5.02 Å². The minimum Gasteiger partial charge on any atom is -0.461 e. The van der Waals surface area contributed by atoms with Crippen LogP contribution in [-0.2, 0) is 16.6 Å². The molecule has 4 aromatic rings. The topological polar surface area (TPSA) is 135 Å². The summed E-state index contributed by atoms with van der Waals surface area (Å²) >= 11 is 6.26. The highest BCUT2D eigenvalue weighted by molar-refractivity contribution is 6.32. The number of hydrogen-bond donors (Lipinski definition) is 1. The first-order valence-electron chi connectivity index (χ1n) is 10.1. The molecule has 4 aromatic heterocycles. The molecule has 0 fully saturated rings. The van der Waals surface area contributed by atoms with E-state index in [1.165, 1.54) is 17.2 Å². The lowest BCUT2D eigenvalue weighted by Crippen LogP contribution is -2.38. The first-order valence-corrected chi connectivity index (χ1v) is 10.5. The Morgan fingerprint density at radius 2 is 2.09 bits per heavy atom. The molecule has 12 nitrogen and oxygen atoms in total. The monoisotopic (exact) mass is 471 g/mol. The maximum absolute atomic E-state index is 13.0. The number of halogens is 1. The summed E-state index contributed by atoms with van der Waals surface area (Å²) in [6.45, 7) is 5.49. The van der Waals surface area contributed by atoms with Crippen LogP contribution in [0.5, 0.6) is 5.88 Å². The highest BCUT2D eigenvalue weighted by atomic mass is 35.5. The van der Waals surface area contributed by atoms with Crippen molar-refractivity contribution in [2.24, 2.45) is 7.05 Å². The van der Waals surface area contributed by atoms with Gasteiger partial charge in [0, 0.05) is 13.2 Å². The van der Waals surface area contributed by atoms with Crippen LogP contribution in [0.1, 0.15) is 19.7 Å². The van der Waals surface area contributed by atoms with E-state index in [-0.39, 0.29) is 24.5 Å². The summed E-state index contributed by atoms with van der Waals surface area (Å²) in [5.41, 5.74) is 0.423. The molecule has 0 unspecified atom stereocenters. The minimum atomic E-state index is -1.03. The Hall–Kier alpha value is -3.64. The number of nitrogens with one attached hydrogen (secondary N) is 1. The van der Waals surface area contributed by atoms with Crippen LogP contribution >= 0.6 is 11.6 Å². The molecule has 13 heteroatoms. The minimum absolute atomic E-state index is 0.0129. The average Bonchev–Trinajstić information content (AvgIpc) is 3.34. The summed E-state index contributed by atoms with van der Waals surface area (Å²) in [7, 11) is 1.73. The fourth-order valence-corrected chi connectivity index (χ4v) is 3.09. The van der Waals surface area contributed by atoms with Crippen LogP contribution < -0.4 is 10.1 Å². The molecule has 0 radical (unpaired) electrons. The van der Waals surface area contributed by atoms with Gasteiger partial charge >= 0.3 is 0 Å². The number of hydrogen-bond acceptors (Lipinski definition) is 9. The number of aromatic nitrogens is 8. The van der Waals surface area contributed by atoms with E-state index in [0.29, 0.717) is 27.7 Å². The van der Waals surface area contributed by atoms with E-state index >= 15 is 0 Å². The van der Waals surface area contributed by atoms with Crippen molar-refractivity contribution in [3.05, 3.63) is 41.7 Å².